The van der Waals surface area contributed by atoms with Gasteiger partial charge in [0.25, 0.3) is 0 Å². The van der Waals surface area contributed by atoms with E-state index < -0.39 is 0 Å². The number of pyridine rings is 1. The van der Waals surface area contributed by atoms with Gasteiger partial charge in [-0.2, -0.15) is 0 Å². The van der Waals surface area contributed by atoms with E-state index in [1.54, 1.807) is 0 Å². The van der Waals surface area contributed by atoms with Crippen molar-refractivity contribution in [3.63, 3.8) is 0 Å². The predicted molar refractivity (Wildman–Crippen MR) is 158 cm³/mol. The van der Waals surface area contributed by atoms with Gasteiger partial charge in [-0.15, -0.1) is 0 Å². The zero-order valence-electron chi connectivity index (χ0n) is 23.7. The summed E-state index contributed by atoms with van der Waals surface area (Å²) in [4.78, 5) is 10.4. The average Bonchev–Trinajstić information content (AvgIpc) is 3.23. The number of rotatable bonds is 13. The van der Waals surface area contributed by atoms with Crippen LogP contribution in [-0.4, -0.2) is 21.1 Å². The maximum atomic E-state index is 5.26. The third kappa shape index (κ3) is 7.19. The molecular formula is C33H46N4. The predicted octanol–water partition coefficient (Wildman–Crippen LogP) is 8.23. The zero-order valence-corrected chi connectivity index (χ0v) is 23.7. The Kier molecular flexibility index (Phi) is 9.37. The van der Waals surface area contributed by atoms with E-state index in [2.05, 4.69) is 93.0 Å². The molecule has 4 aromatic rings. The van der Waals surface area contributed by atoms with Crippen LogP contribution in [0.5, 0.6) is 0 Å². The van der Waals surface area contributed by atoms with Crippen LogP contribution in [0.1, 0.15) is 95.8 Å². The summed E-state index contributed by atoms with van der Waals surface area (Å²) in [6.45, 7) is 14.2. The Morgan fingerprint density at radius 2 is 1.54 bits per heavy atom. The lowest BCUT2D eigenvalue weighted by atomic mass is 9.89. The SMILES string of the molecule is CCCCCCNCc1ccc(Cn2c(CCCC)nc3c(CC(C)(C)C)nc4ccccc4c32)cc1. The number of nitrogens with zero attached hydrogens (tertiary/aromatic N) is 3. The smallest absolute Gasteiger partial charge is 0.111 e. The molecule has 0 aliphatic carbocycles. The number of aromatic nitrogens is 3. The molecule has 0 atom stereocenters. The van der Waals surface area contributed by atoms with E-state index in [1.165, 1.54) is 53.5 Å². The first-order valence-corrected chi connectivity index (χ1v) is 14.4. The number of benzene rings is 2. The second-order valence-corrected chi connectivity index (χ2v) is 11.8. The molecule has 0 radical (unpaired) electrons. The monoisotopic (exact) mass is 498 g/mol. The minimum absolute atomic E-state index is 0.148. The van der Waals surface area contributed by atoms with Gasteiger partial charge in [0.1, 0.15) is 11.3 Å². The summed E-state index contributed by atoms with van der Waals surface area (Å²) in [7, 11) is 0. The highest BCUT2D eigenvalue weighted by Gasteiger charge is 2.22. The van der Waals surface area contributed by atoms with Crippen LogP contribution in [0, 0.1) is 5.41 Å². The molecule has 2 aromatic heterocycles. The van der Waals surface area contributed by atoms with E-state index in [4.69, 9.17) is 9.97 Å². The van der Waals surface area contributed by atoms with Gasteiger partial charge in [-0.05, 0) is 48.4 Å². The van der Waals surface area contributed by atoms with Gasteiger partial charge in [-0.1, -0.05) is 103 Å². The molecular weight excluding hydrogens is 452 g/mol. The van der Waals surface area contributed by atoms with Crippen molar-refractivity contribution in [1.82, 2.24) is 19.9 Å². The molecule has 2 aromatic carbocycles. The Morgan fingerprint density at radius 1 is 0.811 bits per heavy atom. The van der Waals surface area contributed by atoms with E-state index in [0.29, 0.717) is 0 Å². The summed E-state index contributed by atoms with van der Waals surface area (Å²) in [5.74, 6) is 1.18. The van der Waals surface area contributed by atoms with Crippen LogP contribution in [0.3, 0.4) is 0 Å². The molecule has 0 aliphatic rings. The molecule has 4 nitrogen and oxygen atoms in total. The van der Waals surface area contributed by atoms with Gasteiger partial charge in [-0.25, -0.2) is 4.98 Å². The van der Waals surface area contributed by atoms with Crippen LogP contribution in [0.4, 0.5) is 0 Å². The van der Waals surface area contributed by atoms with Crippen molar-refractivity contribution in [3.8, 4) is 0 Å². The minimum atomic E-state index is 0.148. The molecule has 0 unspecified atom stereocenters. The van der Waals surface area contributed by atoms with Crippen molar-refractivity contribution in [2.24, 2.45) is 5.41 Å². The number of hydrogen-bond donors (Lipinski definition) is 1. The van der Waals surface area contributed by atoms with Crippen molar-refractivity contribution in [2.45, 2.75) is 99.1 Å². The summed E-state index contributed by atoms with van der Waals surface area (Å²) >= 11 is 0. The fourth-order valence-corrected chi connectivity index (χ4v) is 5.12. The van der Waals surface area contributed by atoms with Crippen LogP contribution in [0.25, 0.3) is 21.9 Å². The summed E-state index contributed by atoms with van der Waals surface area (Å²) < 4.78 is 2.47. The van der Waals surface area contributed by atoms with Crippen LogP contribution >= 0.6 is 0 Å². The zero-order chi connectivity index (χ0) is 26.3. The Bertz CT molecular complexity index is 1280. The van der Waals surface area contributed by atoms with E-state index in [9.17, 15) is 0 Å². The van der Waals surface area contributed by atoms with Crippen LogP contribution in [0.15, 0.2) is 48.5 Å². The lowest BCUT2D eigenvalue weighted by molar-refractivity contribution is 0.408. The molecule has 0 bridgehead atoms. The van der Waals surface area contributed by atoms with Crippen molar-refractivity contribution in [2.75, 3.05) is 6.54 Å². The molecule has 4 heteroatoms. The number of imidazole rings is 1. The highest BCUT2D eigenvalue weighted by Crippen LogP contribution is 2.32. The molecule has 0 spiro atoms. The third-order valence-electron chi connectivity index (χ3n) is 7.09. The van der Waals surface area contributed by atoms with E-state index in [1.807, 2.05) is 0 Å². The van der Waals surface area contributed by atoms with Gasteiger partial charge < -0.3 is 9.88 Å². The number of fused-ring (bicyclic) bond motifs is 3. The Balaban J connectivity index is 1.65. The topological polar surface area (TPSA) is 42.7 Å². The largest absolute Gasteiger partial charge is 0.323 e. The van der Waals surface area contributed by atoms with Crippen LogP contribution in [0.2, 0.25) is 0 Å². The molecule has 2 heterocycles. The first kappa shape index (κ1) is 27.3. The molecule has 37 heavy (non-hydrogen) atoms. The molecule has 0 amide bonds. The van der Waals surface area contributed by atoms with Crippen molar-refractivity contribution < 1.29 is 0 Å². The van der Waals surface area contributed by atoms with Gasteiger partial charge in [-0.3, -0.25) is 4.98 Å². The molecule has 1 N–H and O–H groups in total. The quantitative estimate of drug-likeness (QED) is 0.189. The van der Waals surface area contributed by atoms with Gasteiger partial charge >= 0.3 is 0 Å². The van der Waals surface area contributed by atoms with E-state index in [0.717, 1.165) is 62.0 Å². The molecule has 0 saturated heterocycles. The fourth-order valence-electron chi connectivity index (χ4n) is 5.12. The number of hydrogen-bond acceptors (Lipinski definition) is 3. The molecule has 0 saturated carbocycles. The Morgan fingerprint density at radius 3 is 2.27 bits per heavy atom. The Labute approximate surface area is 223 Å². The van der Waals surface area contributed by atoms with Gasteiger partial charge in [0, 0.05) is 24.9 Å². The summed E-state index contributed by atoms with van der Waals surface area (Å²) in [6, 6.07) is 17.7. The standard InChI is InChI=1S/C33H46N4/c1-6-8-10-13-21-34-23-25-17-19-26(20-18-25)24-37-30(16-9-7-2)36-31-29(22-33(3,4)5)35-28-15-12-11-14-27(28)32(31)37/h11-12,14-15,17-20,34H,6-10,13,16,21-24H2,1-5H3. The lowest BCUT2D eigenvalue weighted by Gasteiger charge is -2.18. The normalized spacial score (nSPS) is 12.1. The van der Waals surface area contributed by atoms with Gasteiger partial charge in [0.2, 0.25) is 0 Å². The van der Waals surface area contributed by atoms with E-state index >= 15 is 0 Å². The lowest BCUT2D eigenvalue weighted by Crippen LogP contribution is -2.14. The number of aryl methyl sites for hydroxylation is 1. The number of nitrogens with one attached hydrogen (secondary N) is 1. The molecule has 4 rings (SSSR count). The molecule has 0 fully saturated rings. The van der Waals surface area contributed by atoms with Crippen molar-refractivity contribution in [3.05, 3.63) is 71.2 Å². The van der Waals surface area contributed by atoms with Crippen LogP contribution < -0.4 is 5.32 Å². The first-order chi connectivity index (χ1) is 17.9. The van der Waals surface area contributed by atoms with Crippen molar-refractivity contribution in [1.29, 1.82) is 0 Å². The minimum Gasteiger partial charge on any atom is -0.323 e. The number of para-hydroxylation sites is 1. The second kappa shape index (κ2) is 12.7. The van der Waals surface area contributed by atoms with Gasteiger partial charge in [0.15, 0.2) is 0 Å². The Hall–Kier alpha value is -2.72. The first-order valence-electron chi connectivity index (χ1n) is 14.4. The second-order valence-electron chi connectivity index (χ2n) is 11.8. The summed E-state index contributed by atoms with van der Waals surface area (Å²) in [5, 5.41) is 4.81. The van der Waals surface area contributed by atoms with E-state index in [-0.39, 0.29) is 5.41 Å². The average molecular weight is 499 g/mol. The maximum absolute atomic E-state index is 5.26. The molecule has 198 valence electrons. The molecule has 0 aliphatic heterocycles. The third-order valence-corrected chi connectivity index (χ3v) is 7.09. The van der Waals surface area contributed by atoms with Crippen molar-refractivity contribution >= 4 is 21.9 Å². The summed E-state index contributed by atoms with van der Waals surface area (Å²) in [6.07, 6.45) is 9.43. The summed E-state index contributed by atoms with van der Waals surface area (Å²) in [5.41, 5.74) is 7.34. The van der Waals surface area contributed by atoms with Gasteiger partial charge in [0.05, 0.1) is 16.7 Å². The fraction of sp³-hybridized carbons (Fsp3) is 0.515. The highest BCUT2D eigenvalue weighted by atomic mass is 15.1. The number of unbranched alkanes of at least 4 members (excludes halogenated alkanes) is 4. The van der Waals surface area contributed by atoms with Crippen LogP contribution in [-0.2, 0) is 25.9 Å². The highest BCUT2D eigenvalue weighted by molar-refractivity contribution is 6.03. The maximum Gasteiger partial charge on any atom is 0.111 e.